The van der Waals surface area contributed by atoms with Crippen molar-refractivity contribution in [3.05, 3.63) is 129 Å². The van der Waals surface area contributed by atoms with Crippen LogP contribution < -0.4 is 4.74 Å². The molecule has 13 heteroatoms. The molecule has 0 aliphatic rings. The number of Topliss-reactive ketones (excluding diaryl/α,β-unsaturated/α-hetero) is 2. The van der Waals surface area contributed by atoms with E-state index in [0.717, 1.165) is 29.8 Å². The van der Waals surface area contributed by atoms with E-state index in [1.807, 2.05) is 12.1 Å². The predicted octanol–water partition coefficient (Wildman–Crippen LogP) is 10.8. The van der Waals surface area contributed by atoms with Gasteiger partial charge in [-0.05, 0) is 85.6 Å². The minimum atomic E-state index is -4.47. The second-order valence-electron chi connectivity index (χ2n) is 9.26. The maximum atomic E-state index is 12.7. The first kappa shape index (κ1) is 37.6. The van der Waals surface area contributed by atoms with Crippen molar-refractivity contribution in [3.63, 3.8) is 0 Å². The summed E-state index contributed by atoms with van der Waals surface area (Å²) in [6.45, 7) is 2.86. The molecule has 0 heterocycles. The number of benzene rings is 4. The van der Waals surface area contributed by atoms with Crippen LogP contribution in [0.2, 0.25) is 10.0 Å². The first-order valence-electron chi connectivity index (χ1n) is 12.7. The monoisotopic (exact) mass is 736 g/mol. The molecule has 4 aromatic carbocycles. The second kappa shape index (κ2) is 16.7. The number of aromatic hydroxyl groups is 1. The lowest BCUT2D eigenvalue weighted by Crippen LogP contribution is -2.16. The first-order valence-corrected chi connectivity index (χ1v) is 14.4. The molecule has 2 atom stereocenters. The number of alkyl halides is 7. The lowest BCUT2D eigenvalue weighted by atomic mass is 10.1. The van der Waals surface area contributed by atoms with Crippen molar-refractivity contribution in [2.24, 2.45) is 0 Å². The smallest absolute Gasteiger partial charge is 0.416 e. The quantitative estimate of drug-likeness (QED) is 0.158. The molecule has 0 saturated carbocycles. The molecule has 0 aliphatic heterocycles. The summed E-state index contributed by atoms with van der Waals surface area (Å²) >= 11 is 14.8. The zero-order chi connectivity index (χ0) is 33.9. The fourth-order valence-electron chi connectivity index (χ4n) is 3.45. The van der Waals surface area contributed by atoms with Gasteiger partial charge in [0.1, 0.15) is 17.3 Å². The highest BCUT2D eigenvalue weighted by atomic mass is 79.9. The summed E-state index contributed by atoms with van der Waals surface area (Å²) in [5, 5.41) is 9.85. The van der Waals surface area contributed by atoms with Gasteiger partial charge in [-0.15, -0.1) is 0 Å². The molecule has 4 rings (SSSR count). The number of hydrogen-bond acceptors (Lipinski definition) is 4. The van der Waals surface area contributed by atoms with Gasteiger partial charge in [0.05, 0.1) is 16.0 Å². The third-order valence-electron chi connectivity index (χ3n) is 5.65. The van der Waals surface area contributed by atoms with Crippen LogP contribution in [0.15, 0.2) is 97.1 Å². The summed E-state index contributed by atoms with van der Waals surface area (Å²) in [6.07, 6.45) is -9.83. The summed E-state index contributed by atoms with van der Waals surface area (Å²) < 4.78 is 79.1. The van der Waals surface area contributed by atoms with E-state index in [0.29, 0.717) is 21.7 Å². The number of phenols is 1. The maximum absolute atomic E-state index is 12.7. The first-order chi connectivity index (χ1) is 20.9. The fraction of sp³-hybridized carbons (Fsp3) is 0.188. The normalized spacial score (nSPS) is 12.4. The minimum absolute atomic E-state index is 0.0232. The molecule has 0 spiro atoms. The summed E-state index contributed by atoms with van der Waals surface area (Å²) in [5.41, 5.74) is -0.206. The average Bonchev–Trinajstić information content (AvgIpc) is 2.96. The number of hydrogen-bond donors (Lipinski definition) is 1. The van der Waals surface area contributed by atoms with E-state index < -0.39 is 29.6 Å². The van der Waals surface area contributed by atoms with Gasteiger partial charge in [0.15, 0.2) is 11.9 Å². The molecule has 4 aromatic rings. The number of rotatable bonds is 6. The highest BCUT2D eigenvalue weighted by molar-refractivity contribution is 9.09. The molecule has 4 nitrogen and oxygen atoms in total. The van der Waals surface area contributed by atoms with Crippen LogP contribution in [0.4, 0.5) is 26.3 Å². The maximum Gasteiger partial charge on any atom is 0.416 e. The summed E-state index contributed by atoms with van der Waals surface area (Å²) in [6, 6.07) is 21.9. The molecule has 1 N–H and O–H groups in total. The molecular formula is C32H25BrCl2F6O4. The third-order valence-corrected chi connectivity index (χ3v) is 7.33. The molecule has 0 bridgehead atoms. The molecule has 240 valence electrons. The van der Waals surface area contributed by atoms with Gasteiger partial charge < -0.3 is 9.84 Å². The molecule has 0 radical (unpaired) electrons. The van der Waals surface area contributed by atoms with Gasteiger partial charge in [-0.1, -0.05) is 75.5 Å². The van der Waals surface area contributed by atoms with E-state index in [9.17, 15) is 35.9 Å². The average molecular weight is 738 g/mol. The fourth-order valence-corrected chi connectivity index (χ4v) is 4.01. The van der Waals surface area contributed by atoms with Crippen LogP contribution in [0.25, 0.3) is 0 Å². The number of ketones is 2. The topological polar surface area (TPSA) is 63.6 Å². The Morgan fingerprint density at radius 2 is 1.13 bits per heavy atom. The third kappa shape index (κ3) is 12.8. The van der Waals surface area contributed by atoms with Crippen molar-refractivity contribution in [1.82, 2.24) is 0 Å². The Labute approximate surface area is 273 Å². The van der Waals surface area contributed by atoms with Crippen LogP contribution in [0.3, 0.4) is 0 Å². The van der Waals surface area contributed by atoms with Gasteiger partial charge in [0.2, 0.25) is 0 Å². The van der Waals surface area contributed by atoms with E-state index >= 15 is 0 Å². The second-order valence-corrected chi connectivity index (χ2v) is 11.0. The molecule has 0 aromatic heterocycles. The van der Waals surface area contributed by atoms with E-state index in [2.05, 4.69) is 15.9 Å². The number of carbonyl (C=O) groups excluding carboxylic acids is 2. The Morgan fingerprint density at radius 1 is 0.689 bits per heavy atom. The standard InChI is InChI=1S/C16H12ClF3O2.C9H8BrClO.C7H5F3O/c1-10(21)15(11-5-7-13(17)8-6-11)22-14-4-2-3-12(9-14)16(18,19)20;1-6(12)9(10)7-2-4-8(11)5-3-7;8-7(9,10)5-2-1-3-6(11)4-5/h2-9,15H,1H3;2-5,9H,1H3;1-4,11H. The summed E-state index contributed by atoms with van der Waals surface area (Å²) in [7, 11) is 0. The Morgan fingerprint density at radius 3 is 1.53 bits per heavy atom. The lowest BCUT2D eigenvalue weighted by molar-refractivity contribution is -0.138. The van der Waals surface area contributed by atoms with Crippen molar-refractivity contribution in [2.45, 2.75) is 37.1 Å². The van der Waals surface area contributed by atoms with Crippen LogP contribution >= 0.6 is 39.1 Å². The largest absolute Gasteiger partial charge is 0.508 e. The van der Waals surface area contributed by atoms with Gasteiger partial charge in [-0.3, -0.25) is 9.59 Å². The number of halogens is 9. The summed E-state index contributed by atoms with van der Waals surface area (Å²) in [4.78, 5) is 22.5. The Bertz CT molecular complexity index is 1560. The van der Waals surface area contributed by atoms with Crippen molar-refractivity contribution >= 4 is 50.7 Å². The minimum Gasteiger partial charge on any atom is -0.508 e. The Hall–Kier alpha value is -3.54. The highest BCUT2D eigenvalue weighted by Crippen LogP contribution is 2.33. The van der Waals surface area contributed by atoms with Crippen LogP contribution in [0, 0.1) is 0 Å². The predicted molar refractivity (Wildman–Crippen MR) is 164 cm³/mol. The molecule has 0 aliphatic carbocycles. The number of carbonyl (C=O) groups is 2. The molecule has 45 heavy (non-hydrogen) atoms. The molecule has 2 unspecified atom stereocenters. The Kier molecular flexibility index (Phi) is 14.0. The summed E-state index contributed by atoms with van der Waals surface area (Å²) in [5.74, 6) is -0.623. The van der Waals surface area contributed by atoms with Gasteiger partial charge in [-0.2, -0.15) is 26.3 Å². The molecular weight excluding hydrogens is 713 g/mol. The van der Waals surface area contributed by atoms with Crippen LogP contribution in [-0.4, -0.2) is 16.7 Å². The van der Waals surface area contributed by atoms with Crippen LogP contribution in [0.1, 0.15) is 47.0 Å². The van der Waals surface area contributed by atoms with Crippen molar-refractivity contribution in [2.75, 3.05) is 0 Å². The van der Waals surface area contributed by atoms with E-state index in [1.54, 1.807) is 43.3 Å². The van der Waals surface area contributed by atoms with E-state index in [-0.39, 0.29) is 27.9 Å². The van der Waals surface area contributed by atoms with Crippen LogP contribution in [-0.2, 0) is 21.9 Å². The van der Waals surface area contributed by atoms with Crippen molar-refractivity contribution in [1.29, 1.82) is 0 Å². The van der Waals surface area contributed by atoms with Crippen molar-refractivity contribution in [3.8, 4) is 11.5 Å². The Balaban J connectivity index is 0.000000259. The number of ether oxygens (including phenoxy) is 1. The molecule has 0 amide bonds. The highest BCUT2D eigenvalue weighted by Gasteiger charge is 2.31. The van der Waals surface area contributed by atoms with E-state index in [4.69, 9.17) is 33.0 Å². The van der Waals surface area contributed by atoms with Gasteiger partial charge >= 0.3 is 12.4 Å². The molecule has 0 saturated heterocycles. The number of phenolic OH excluding ortho intramolecular Hbond substituents is 1. The SMILES string of the molecule is CC(=O)C(Br)c1ccc(Cl)cc1.CC(=O)C(Oc1cccc(C(F)(F)F)c1)c1ccc(Cl)cc1.Oc1cccc(C(F)(F)F)c1. The van der Waals surface area contributed by atoms with Crippen molar-refractivity contribution < 1.29 is 45.8 Å². The van der Waals surface area contributed by atoms with Gasteiger partial charge in [0, 0.05) is 10.0 Å². The lowest BCUT2D eigenvalue weighted by Gasteiger charge is -2.18. The van der Waals surface area contributed by atoms with E-state index in [1.165, 1.54) is 25.1 Å². The van der Waals surface area contributed by atoms with Gasteiger partial charge in [-0.25, -0.2) is 0 Å². The zero-order valence-electron chi connectivity index (χ0n) is 23.5. The zero-order valence-corrected chi connectivity index (χ0v) is 26.6. The van der Waals surface area contributed by atoms with Crippen LogP contribution in [0.5, 0.6) is 11.5 Å². The molecule has 0 fully saturated rings. The van der Waals surface area contributed by atoms with Gasteiger partial charge in [0.25, 0.3) is 0 Å².